The predicted octanol–water partition coefficient (Wildman–Crippen LogP) is 2.01. The number of methoxy groups -OCH3 is 1. The Labute approximate surface area is 123 Å². The fourth-order valence-corrected chi connectivity index (χ4v) is 1.53. The van der Waals surface area contributed by atoms with Crippen molar-refractivity contribution in [3.8, 4) is 5.75 Å². The average Bonchev–Trinajstić information content (AvgIpc) is 2.48. The van der Waals surface area contributed by atoms with Crippen LogP contribution in [-0.4, -0.2) is 38.8 Å². The van der Waals surface area contributed by atoms with Gasteiger partial charge < -0.3 is 19.5 Å². The Morgan fingerprint density at radius 2 is 2.10 bits per heavy atom. The van der Waals surface area contributed by atoms with E-state index in [1.165, 1.54) is 0 Å². The minimum atomic E-state index is -0.514. The molecule has 0 saturated heterocycles. The highest BCUT2D eigenvalue weighted by molar-refractivity contribution is 6.05. The summed E-state index contributed by atoms with van der Waals surface area (Å²) < 4.78 is 15.3. The third-order valence-corrected chi connectivity index (χ3v) is 2.49. The first kappa shape index (κ1) is 16.7. The van der Waals surface area contributed by atoms with Gasteiger partial charge >= 0.3 is 5.97 Å². The predicted molar refractivity (Wildman–Crippen MR) is 78.6 cm³/mol. The summed E-state index contributed by atoms with van der Waals surface area (Å²) in [4.78, 5) is 23.3. The van der Waals surface area contributed by atoms with Gasteiger partial charge in [0.25, 0.3) is 0 Å². The number of hydrogen-bond acceptors (Lipinski definition) is 5. The van der Waals surface area contributed by atoms with Crippen molar-refractivity contribution in [2.75, 3.05) is 32.2 Å². The van der Waals surface area contributed by atoms with E-state index in [-0.39, 0.29) is 12.2 Å². The van der Waals surface area contributed by atoms with Gasteiger partial charge in [-0.1, -0.05) is 6.58 Å². The van der Waals surface area contributed by atoms with E-state index in [1.54, 1.807) is 32.2 Å². The lowest BCUT2D eigenvalue weighted by atomic mass is 10.1. The van der Waals surface area contributed by atoms with Crippen LogP contribution in [0.15, 0.2) is 30.9 Å². The van der Waals surface area contributed by atoms with Crippen LogP contribution in [0.1, 0.15) is 17.3 Å². The van der Waals surface area contributed by atoms with Crippen molar-refractivity contribution >= 4 is 17.6 Å². The molecule has 6 nitrogen and oxygen atoms in total. The van der Waals surface area contributed by atoms with Crippen molar-refractivity contribution in [3.05, 3.63) is 36.4 Å². The number of rotatable bonds is 8. The van der Waals surface area contributed by atoms with Gasteiger partial charge in [0, 0.05) is 13.2 Å². The lowest BCUT2D eigenvalue weighted by Gasteiger charge is -2.12. The summed E-state index contributed by atoms with van der Waals surface area (Å²) in [6.07, 6.45) is 1.12. The van der Waals surface area contributed by atoms with E-state index in [0.717, 1.165) is 6.08 Å². The fraction of sp³-hybridized carbons (Fsp3) is 0.333. The average molecular weight is 293 g/mol. The molecule has 1 amide bonds. The van der Waals surface area contributed by atoms with Crippen molar-refractivity contribution in [2.45, 2.75) is 6.92 Å². The van der Waals surface area contributed by atoms with Crippen molar-refractivity contribution in [1.29, 1.82) is 0 Å². The summed E-state index contributed by atoms with van der Waals surface area (Å²) in [7, 11) is 1.57. The van der Waals surface area contributed by atoms with Crippen LogP contribution in [0.3, 0.4) is 0 Å². The van der Waals surface area contributed by atoms with Gasteiger partial charge in [-0.3, -0.25) is 4.79 Å². The van der Waals surface area contributed by atoms with Crippen LogP contribution >= 0.6 is 0 Å². The van der Waals surface area contributed by atoms with Gasteiger partial charge in [0.2, 0.25) is 5.91 Å². The molecule has 1 aromatic carbocycles. The van der Waals surface area contributed by atoms with Crippen LogP contribution < -0.4 is 10.1 Å². The first-order valence-corrected chi connectivity index (χ1v) is 6.48. The molecular formula is C15H19NO5. The lowest BCUT2D eigenvalue weighted by molar-refractivity contribution is -0.111. The van der Waals surface area contributed by atoms with E-state index in [4.69, 9.17) is 14.2 Å². The SMILES string of the molecule is C=CC(=O)Nc1cc(OCCOC)ccc1C(=O)OCC. The number of hydrogen-bond donors (Lipinski definition) is 1. The number of esters is 1. The summed E-state index contributed by atoms with van der Waals surface area (Å²) >= 11 is 0. The summed E-state index contributed by atoms with van der Waals surface area (Å²) in [6.45, 7) is 6.14. The number of carbonyl (C=O) groups excluding carboxylic acids is 2. The summed E-state index contributed by atoms with van der Waals surface area (Å²) in [5, 5.41) is 2.56. The molecule has 6 heteroatoms. The molecule has 0 radical (unpaired) electrons. The highest BCUT2D eigenvalue weighted by Crippen LogP contribution is 2.23. The molecule has 1 N–H and O–H groups in total. The van der Waals surface area contributed by atoms with E-state index in [1.807, 2.05) is 0 Å². The normalized spacial score (nSPS) is 9.81. The van der Waals surface area contributed by atoms with Crippen LogP contribution in [0.4, 0.5) is 5.69 Å². The van der Waals surface area contributed by atoms with E-state index in [0.29, 0.717) is 24.7 Å². The maximum Gasteiger partial charge on any atom is 0.340 e. The molecule has 0 aliphatic heterocycles. The zero-order valence-corrected chi connectivity index (χ0v) is 12.2. The van der Waals surface area contributed by atoms with Crippen molar-refractivity contribution in [1.82, 2.24) is 0 Å². The second kappa shape index (κ2) is 8.76. The molecule has 0 fully saturated rings. The molecule has 1 rings (SSSR count). The Balaban J connectivity index is 2.98. The largest absolute Gasteiger partial charge is 0.491 e. The standard InChI is InChI=1S/C15H19NO5/c1-4-14(17)16-13-10-11(21-9-8-19-3)6-7-12(13)15(18)20-5-2/h4,6-7,10H,1,5,8-9H2,2-3H3,(H,16,17). The van der Waals surface area contributed by atoms with Crippen LogP contribution in [0.25, 0.3) is 0 Å². The molecule has 0 aliphatic rings. The molecule has 0 atom stereocenters. The van der Waals surface area contributed by atoms with E-state index in [9.17, 15) is 9.59 Å². The maximum absolute atomic E-state index is 11.8. The highest BCUT2D eigenvalue weighted by Gasteiger charge is 2.15. The Bertz CT molecular complexity index is 513. The Morgan fingerprint density at radius 1 is 1.33 bits per heavy atom. The van der Waals surface area contributed by atoms with E-state index in [2.05, 4.69) is 11.9 Å². The van der Waals surface area contributed by atoms with Crippen molar-refractivity contribution in [2.24, 2.45) is 0 Å². The number of benzene rings is 1. The second-order valence-corrected chi connectivity index (χ2v) is 3.96. The van der Waals surface area contributed by atoms with E-state index >= 15 is 0 Å². The minimum absolute atomic E-state index is 0.250. The van der Waals surface area contributed by atoms with Crippen molar-refractivity contribution in [3.63, 3.8) is 0 Å². The van der Waals surface area contributed by atoms with Gasteiger partial charge in [0.15, 0.2) is 0 Å². The Morgan fingerprint density at radius 3 is 2.71 bits per heavy atom. The quantitative estimate of drug-likeness (QED) is 0.451. The summed E-state index contributed by atoms with van der Waals surface area (Å²) in [5.41, 5.74) is 0.569. The van der Waals surface area contributed by atoms with Gasteiger partial charge in [-0.15, -0.1) is 0 Å². The van der Waals surface area contributed by atoms with Crippen LogP contribution in [0.5, 0.6) is 5.75 Å². The molecule has 0 heterocycles. The molecule has 0 saturated carbocycles. The fourth-order valence-electron chi connectivity index (χ4n) is 1.53. The number of anilines is 1. The van der Waals surface area contributed by atoms with Gasteiger partial charge in [-0.25, -0.2) is 4.79 Å². The number of ether oxygens (including phenoxy) is 3. The highest BCUT2D eigenvalue weighted by atomic mass is 16.5. The summed E-state index contributed by atoms with van der Waals surface area (Å²) in [5.74, 6) is -0.422. The van der Waals surface area contributed by atoms with Crippen LogP contribution in [-0.2, 0) is 14.3 Å². The van der Waals surface area contributed by atoms with Gasteiger partial charge in [0.1, 0.15) is 12.4 Å². The maximum atomic E-state index is 11.8. The Kier molecular flexibility index (Phi) is 6.97. The molecule has 1 aromatic rings. The van der Waals surface area contributed by atoms with Crippen molar-refractivity contribution < 1.29 is 23.8 Å². The molecule has 0 aliphatic carbocycles. The first-order valence-electron chi connectivity index (χ1n) is 6.48. The van der Waals surface area contributed by atoms with Gasteiger partial charge in [-0.05, 0) is 25.1 Å². The monoisotopic (exact) mass is 293 g/mol. The van der Waals surface area contributed by atoms with Gasteiger partial charge in [-0.2, -0.15) is 0 Å². The zero-order chi connectivity index (χ0) is 15.7. The molecular weight excluding hydrogens is 274 g/mol. The molecule has 114 valence electrons. The van der Waals surface area contributed by atoms with E-state index < -0.39 is 11.9 Å². The minimum Gasteiger partial charge on any atom is -0.491 e. The zero-order valence-electron chi connectivity index (χ0n) is 12.2. The smallest absolute Gasteiger partial charge is 0.340 e. The van der Waals surface area contributed by atoms with Crippen LogP contribution in [0.2, 0.25) is 0 Å². The lowest BCUT2D eigenvalue weighted by Crippen LogP contribution is -2.14. The third-order valence-electron chi connectivity index (χ3n) is 2.49. The Hall–Kier alpha value is -2.34. The summed E-state index contributed by atoms with van der Waals surface area (Å²) in [6, 6.07) is 4.73. The molecule has 21 heavy (non-hydrogen) atoms. The third kappa shape index (κ3) is 5.27. The number of amides is 1. The second-order valence-electron chi connectivity index (χ2n) is 3.96. The topological polar surface area (TPSA) is 73.9 Å². The molecule has 0 bridgehead atoms. The molecule has 0 aromatic heterocycles. The van der Waals surface area contributed by atoms with Gasteiger partial charge in [0.05, 0.1) is 24.5 Å². The molecule has 0 spiro atoms. The first-order chi connectivity index (χ1) is 10.1. The van der Waals surface area contributed by atoms with Crippen LogP contribution in [0, 0.1) is 0 Å². The number of nitrogens with one attached hydrogen (secondary N) is 1. The number of carbonyl (C=O) groups is 2. The molecule has 0 unspecified atom stereocenters.